The normalized spacial score (nSPS) is 11.4. The van der Waals surface area contributed by atoms with Crippen LogP contribution in [-0.2, 0) is 13.6 Å². The summed E-state index contributed by atoms with van der Waals surface area (Å²) in [5.41, 5.74) is 2.98. The van der Waals surface area contributed by atoms with Gasteiger partial charge in [0.15, 0.2) is 5.69 Å². The molecule has 6 heteroatoms. The lowest BCUT2D eigenvalue weighted by Gasteiger charge is -2.09. The van der Waals surface area contributed by atoms with Crippen LogP contribution >= 0.6 is 0 Å². The zero-order valence-corrected chi connectivity index (χ0v) is 16.7. The lowest BCUT2D eigenvalue weighted by molar-refractivity contribution is 0.102. The van der Waals surface area contributed by atoms with Gasteiger partial charge in [-0.05, 0) is 37.3 Å². The van der Waals surface area contributed by atoms with E-state index in [-0.39, 0.29) is 17.2 Å². The Morgan fingerprint density at radius 2 is 1.57 bits per heavy atom. The van der Waals surface area contributed by atoms with Gasteiger partial charge < -0.3 is 9.88 Å². The molecule has 30 heavy (non-hydrogen) atoms. The van der Waals surface area contributed by atoms with Crippen molar-refractivity contribution >= 4 is 44.2 Å². The van der Waals surface area contributed by atoms with Crippen LogP contribution in [0.2, 0.25) is 0 Å². The summed E-state index contributed by atoms with van der Waals surface area (Å²) in [6, 6.07) is 21.2. The molecule has 5 rings (SSSR count). The van der Waals surface area contributed by atoms with Crippen LogP contribution < -0.4 is 10.9 Å². The van der Waals surface area contributed by atoms with Crippen molar-refractivity contribution in [2.45, 2.75) is 13.5 Å². The van der Waals surface area contributed by atoms with E-state index in [1.165, 1.54) is 10.2 Å². The number of hydrogen-bond acceptors (Lipinski definition) is 3. The summed E-state index contributed by atoms with van der Waals surface area (Å²) in [6.45, 7) is 2.99. The second kappa shape index (κ2) is 6.84. The molecule has 0 saturated heterocycles. The predicted octanol–water partition coefficient (Wildman–Crippen LogP) is 4.31. The van der Waals surface area contributed by atoms with Crippen molar-refractivity contribution < 1.29 is 4.79 Å². The highest BCUT2D eigenvalue weighted by molar-refractivity contribution is 6.13. The summed E-state index contributed by atoms with van der Waals surface area (Å²) in [5, 5.41) is 10.4. The van der Waals surface area contributed by atoms with Gasteiger partial charge in [-0.15, -0.1) is 0 Å². The van der Waals surface area contributed by atoms with Gasteiger partial charge in [0.25, 0.3) is 11.5 Å². The van der Waals surface area contributed by atoms with Crippen LogP contribution in [0.25, 0.3) is 32.6 Å². The summed E-state index contributed by atoms with van der Waals surface area (Å²) in [4.78, 5) is 25.4. The van der Waals surface area contributed by atoms with E-state index in [1.807, 2.05) is 30.3 Å². The summed E-state index contributed by atoms with van der Waals surface area (Å²) < 4.78 is 3.47. The number of rotatable bonds is 3. The number of nitrogens with one attached hydrogen (secondary N) is 1. The molecule has 1 N–H and O–H groups in total. The average Bonchev–Trinajstić information content (AvgIpc) is 3.09. The number of aromatic nitrogens is 3. The fourth-order valence-corrected chi connectivity index (χ4v) is 4.13. The number of fused-ring (bicyclic) bond motifs is 4. The quantitative estimate of drug-likeness (QED) is 0.494. The first-order chi connectivity index (χ1) is 14.6. The van der Waals surface area contributed by atoms with Crippen LogP contribution in [-0.4, -0.2) is 20.3 Å². The molecule has 0 aliphatic rings. The molecule has 2 heterocycles. The van der Waals surface area contributed by atoms with Crippen LogP contribution in [0.3, 0.4) is 0 Å². The van der Waals surface area contributed by atoms with Crippen molar-refractivity contribution in [2.75, 3.05) is 5.32 Å². The molecule has 6 nitrogen and oxygen atoms in total. The Hall–Kier alpha value is -3.93. The number of hydrogen-bond donors (Lipinski definition) is 1. The van der Waals surface area contributed by atoms with Gasteiger partial charge in [-0.25, -0.2) is 4.68 Å². The minimum Gasteiger partial charge on any atom is -0.341 e. The first-order valence-corrected chi connectivity index (χ1v) is 9.87. The molecule has 0 saturated carbocycles. The van der Waals surface area contributed by atoms with Gasteiger partial charge in [0.1, 0.15) is 0 Å². The van der Waals surface area contributed by atoms with Crippen LogP contribution in [0.4, 0.5) is 5.69 Å². The minimum absolute atomic E-state index is 0.226. The Morgan fingerprint density at radius 1 is 0.900 bits per heavy atom. The SMILES string of the molecule is CCn1c2ccccc2c2cc(NC(=O)c3nn(C)c(=O)c4ccccc34)ccc21. The van der Waals surface area contributed by atoms with Gasteiger partial charge in [0, 0.05) is 46.5 Å². The molecule has 2 aromatic heterocycles. The second-order valence-corrected chi connectivity index (χ2v) is 7.27. The van der Waals surface area contributed by atoms with Gasteiger partial charge in [0.05, 0.1) is 5.39 Å². The number of aryl methyl sites for hydroxylation is 2. The Bertz CT molecular complexity index is 1510. The fraction of sp³-hybridized carbons (Fsp3) is 0.125. The Kier molecular flexibility index (Phi) is 4.13. The molecule has 0 atom stereocenters. The summed E-state index contributed by atoms with van der Waals surface area (Å²) >= 11 is 0. The van der Waals surface area contributed by atoms with Crippen LogP contribution in [0, 0.1) is 0 Å². The van der Waals surface area contributed by atoms with Gasteiger partial charge in [0.2, 0.25) is 0 Å². The molecule has 0 bridgehead atoms. The number of para-hydroxylation sites is 1. The molecule has 0 aliphatic carbocycles. The third-order valence-electron chi connectivity index (χ3n) is 5.52. The van der Waals surface area contributed by atoms with E-state index in [1.54, 1.807) is 31.3 Å². The van der Waals surface area contributed by atoms with Gasteiger partial charge in [-0.1, -0.05) is 36.4 Å². The monoisotopic (exact) mass is 396 g/mol. The fourth-order valence-electron chi connectivity index (χ4n) is 4.13. The lowest BCUT2D eigenvalue weighted by atomic mass is 10.1. The lowest BCUT2D eigenvalue weighted by Crippen LogP contribution is -2.25. The summed E-state index contributed by atoms with van der Waals surface area (Å²) in [6.07, 6.45) is 0. The second-order valence-electron chi connectivity index (χ2n) is 7.27. The third-order valence-corrected chi connectivity index (χ3v) is 5.52. The molecule has 0 aliphatic heterocycles. The molecule has 0 fully saturated rings. The van der Waals surface area contributed by atoms with Crippen molar-refractivity contribution in [3.8, 4) is 0 Å². The van der Waals surface area contributed by atoms with E-state index in [2.05, 4.69) is 34.0 Å². The molecule has 0 unspecified atom stereocenters. The molecular weight excluding hydrogens is 376 g/mol. The van der Waals surface area contributed by atoms with E-state index in [0.717, 1.165) is 22.8 Å². The number of carbonyl (C=O) groups excluding carboxylic acids is 1. The smallest absolute Gasteiger partial charge is 0.276 e. The largest absolute Gasteiger partial charge is 0.341 e. The molecule has 0 spiro atoms. The number of benzene rings is 3. The van der Waals surface area contributed by atoms with Crippen molar-refractivity contribution in [1.82, 2.24) is 14.3 Å². The molecule has 3 aromatic carbocycles. The van der Waals surface area contributed by atoms with Crippen molar-refractivity contribution in [1.29, 1.82) is 0 Å². The van der Waals surface area contributed by atoms with Crippen LogP contribution in [0.5, 0.6) is 0 Å². The predicted molar refractivity (Wildman–Crippen MR) is 120 cm³/mol. The van der Waals surface area contributed by atoms with E-state index in [9.17, 15) is 9.59 Å². The molecule has 5 aromatic rings. The van der Waals surface area contributed by atoms with Crippen LogP contribution in [0.15, 0.2) is 71.5 Å². The Morgan fingerprint density at radius 3 is 2.33 bits per heavy atom. The van der Waals surface area contributed by atoms with Gasteiger partial charge in [-0.3, -0.25) is 9.59 Å². The van der Waals surface area contributed by atoms with Gasteiger partial charge in [-0.2, -0.15) is 5.10 Å². The zero-order chi connectivity index (χ0) is 20.8. The molecular formula is C24H20N4O2. The Balaban J connectivity index is 1.61. The standard InChI is InChI=1S/C24H20N4O2/c1-3-28-20-11-7-6-8-16(20)19-14-15(12-13-21(19)28)25-23(29)22-17-9-4-5-10-18(17)24(30)27(2)26-22/h4-14H,3H2,1-2H3,(H,25,29). The highest BCUT2D eigenvalue weighted by Gasteiger charge is 2.17. The van der Waals surface area contributed by atoms with E-state index >= 15 is 0 Å². The van der Waals surface area contributed by atoms with E-state index in [0.29, 0.717) is 16.5 Å². The minimum atomic E-state index is -0.347. The highest BCUT2D eigenvalue weighted by Crippen LogP contribution is 2.31. The highest BCUT2D eigenvalue weighted by atomic mass is 16.2. The van der Waals surface area contributed by atoms with Crippen molar-refractivity contribution in [2.24, 2.45) is 7.05 Å². The maximum Gasteiger partial charge on any atom is 0.276 e. The van der Waals surface area contributed by atoms with E-state index in [4.69, 9.17) is 0 Å². The topological polar surface area (TPSA) is 68.9 Å². The maximum atomic E-state index is 13.1. The van der Waals surface area contributed by atoms with Crippen molar-refractivity contribution in [3.63, 3.8) is 0 Å². The number of amides is 1. The third kappa shape index (κ3) is 2.69. The Labute approximate surface area is 172 Å². The van der Waals surface area contributed by atoms with Crippen molar-refractivity contribution in [3.05, 3.63) is 82.8 Å². The average molecular weight is 396 g/mol. The number of anilines is 1. The first-order valence-electron chi connectivity index (χ1n) is 9.87. The molecule has 1 amide bonds. The summed E-state index contributed by atoms with van der Waals surface area (Å²) in [7, 11) is 1.55. The maximum absolute atomic E-state index is 13.1. The van der Waals surface area contributed by atoms with Crippen LogP contribution in [0.1, 0.15) is 17.4 Å². The van der Waals surface area contributed by atoms with E-state index < -0.39 is 0 Å². The summed E-state index contributed by atoms with van der Waals surface area (Å²) in [5.74, 6) is -0.347. The molecule has 0 radical (unpaired) electrons. The molecule has 148 valence electrons. The number of nitrogens with zero attached hydrogens (tertiary/aromatic N) is 3. The van der Waals surface area contributed by atoms with Gasteiger partial charge >= 0.3 is 0 Å². The zero-order valence-electron chi connectivity index (χ0n) is 16.7. The number of carbonyl (C=O) groups is 1. The first kappa shape index (κ1) is 18.1.